The van der Waals surface area contributed by atoms with Gasteiger partial charge in [-0.3, -0.25) is 14.8 Å². The zero-order valence-electron chi connectivity index (χ0n) is 19.9. The molecular weight excluding hydrogens is 398 g/mol. The van der Waals surface area contributed by atoms with Gasteiger partial charge in [0.25, 0.3) is 5.91 Å². The number of carbonyl (C=O) groups excluding carboxylic acids is 1. The van der Waals surface area contributed by atoms with Crippen molar-refractivity contribution in [2.45, 2.75) is 61.1 Å². The fourth-order valence-electron chi connectivity index (χ4n) is 3.68. The summed E-state index contributed by atoms with van der Waals surface area (Å²) in [6.07, 6.45) is 0.878. The molecule has 3 rings (SSSR count). The number of hydrogen-bond acceptors (Lipinski definition) is 3. The smallest absolute Gasteiger partial charge is 0.257 e. The second-order valence-electron chi connectivity index (χ2n) is 8.02. The summed E-state index contributed by atoms with van der Waals surface area (Å²) in [5.41, 5.74) is 8.08. The van der Waals surface area contributed by atoms with Crippen LogP contribution in [-0.2, 0) is 19.5 Å². The van der Waals surface area contributed by atoms with E-state index in [2.05, 4.69) is 42.6 Å². The number of aromatic nitrogens is 2. The van der Waals surface area contributed by atoms with Gasteiger partial charge in [0.15, 0.2) is 0 Å². The van der Waals surface area contributed by atoms with Gasteiger partial charge in [-0.05, 0) is 75.9 Å². The number of rotatable bonds is 6. The fraction of sp³-hybridized carbons (Fsp3) is 0.346. The molecule has 2 N–H and O–H groups in total. The molecule has 0 spiro atoms. The van der Waals surface area contributed by atoms with Crippen LogP contribution in [0.15, 0.2) is 47.5 Å². The second kappa shape index (κ2) is 10.3. The normalized spacial score (nSPS) is 11.5. The fourth-order valence-corrected chi connectivity index (χ4v) is 3.68. The summed E-state index contributed by atoms with van der Waals surface area (Å²) in [5, 5.41) is 10.9. The van der Waals surface area contributed by atoms with Gasteiger partial charge in [0.1, 0.15) is 0 Å². The van der Waals surface area contributed by atoms with Crippen molar-refractivity contribution in [1.29, 1.82) is 0 Å². The van der Waals surface area contributed by atoms with Gasteiger partial charge in [-0.2, -0.15) is 5.10 Å². The number of carbonyl (C=O) groups is 1. The lowest BCUT2D eigenvalue weighted by molar-refractivity contribution is 0.0977. The Morgan fingerprint density at radius 2 is 1.78 bits per heavy atom. The number of guanidine groups is 1. The molecule has 0 saturated heterocycles. The van der Waals surface area contributed by atoms with Crippen molar-refractivity contribution < 1.29 is 4.79 Å². The SMILES string of the molecule is CCc1ccccc1NC(=NCc1c(C)nn(CC)c1C)NC(=O)c1ccc(C)c(C)c1. The van der Waals surface area contributed by atoms with Crippen LogP contribution < -0.4 is 10.6 Å². The lowest BCUT2D eigenvalue weighted by Gasteiger charge is -2.15. The standard InChI is InChI=1S/C26H33N5O/c1-7-21-11-9-10-12-24(21)28-26(27-16-23-19(5)30-31(8-2)20(23)6)29-25(32)22-14-13-17(3)18(4)15-22/h9-15H,7-8,16H2,1-6H3,(H2,27,28,29,32). The maximum atomic E-state index is 13.0. The summed E-state index contributed by atoms with van der Waals surface area (Å²) in [6.45, 7) is 13.5. The molecule has 168 valence electrons. The molecule has 1 heterocycles. The summed E-state index contributed by atoms with van der Waals surface area (Å²) in [4.78, 5) is 17.8. The average molecular weight is 432 g/mol. The van der Waals surface area contributed by atoms with Crippen LogP contribution in [0.1, 0.15) is 57.8 Å². The van der Waals surface area contributed by atoms with E-state index in [0.717, 1.165) is 52.3 Å². The van der Waals surface area contributed by atoms with Gasteiger partial charge in [0, 0.05) is 29.1 Å². The van der Waals surface area contributed by atoms with Gasteiger partial charge in [0.2, 0.25) is 5.96 Å². The first-order valence-electron chi connectivity index (χ1n) is 11.1. The van der Waals surface area contributed by atoms with E-state index >= 15 is 0 Å². The quantitative estimate of drug-likeness (QED) is 0.421. The zero-order chi connectivity index (χ0) is 23.3. The van der Waals surface area contributed by atoms with E-state index in [9.17, 15) is 4.79 Å². The Bertz CT molecular complexity index is 1140. The molecule has 6 nitrogen and oxygen atoms in total. The van der Waals surface area contributed by atoms with E-state index in [4.69, 9.17) is 4.99 Å². The molecule has 0 bridgehead atoms. The minimum absolute atomic E-state index is 0.189. The number of aryl methyl sites for hydroxylation is 5. The summed E-state index contributed by atoms with van der Waals surface area (Å²) in [6, 6.07) is 13.8. The Labute approximate surface area is 190 Å². The maximum Gasteiger partial charge on any atom is 0.257 e. The van der Waals surface area contributed by atoms with Crippen molar-refractivity contribution in [1.82, 2.24) is 15.1 Å². The monoisotopic (exact) mass is 431 g/mol. The predicted molar refractivity (Wildman–Crippen MR) is 131 cm³/mol. The highest BCUT2D eigenvalue weighted by Gasteiger charge is 2.14. The van der Waals surface area contributed by atoms with Gasteiger partial charge < -0.3 is 5.32 Å². The second-order valence-corrected chi connectivity index (χ2v) is 8.02. The van der Waals surface area contributed by atoms with E-state index < -0.39 is 0 Å². The van der Waals surface area contributed by atoms with Gasteiger partial charge in [-0.1, -0.05) is 31.2 Å². The zero-order valence-corrected chi connectivity index (χ0v) is 19.9. The molecule has 0 atom stereocenters. The summed E-state index contributed by atoms with van der Waals surface area (Å²) >= 11 is 0. The topological polar surface area (TPSA) is 71.3 Å². The van der Waals surface area contributed by atoms with Crippen LogP contribution in [-0.4, -0.2) is 21.6 Å². The van der Waals surface area contributed by atoms with Crippen LogP contribution >= 0.6 is 0 Å². The number of para-hydroxylation sites is 1. The highest BCUT2D eigenvalue weighted by molar-refractivity contribution is 6.10. The van der Waals surface area contributed by atoms with E-state index in [0.29, 0.717) is 18.1 Å². The molecule has 0 aliphatic carbocycles. The van der Waals surface area contributed by atoms with Crippen molar-refractivity contribution in [3.63, 3.8) is 0 Å². The highest BCUT2D eigenvalue weighted by atomic mass is 16.1. The first-order chi connectivity index (χ1) is 15.3. The van der Waals surface area contributed by atoms with Crippen molar-refractivity contribution in [3.8, 4) is 0 Å². The molecule has 0 radical (unpaired) electrons. The minimum atomic E-state index is -0.189. The Morgan fingerprint density at radius 1 is 1.03 bits per heavy atom. The largest absolute Gasteiger partial charge is 0.326 e. The van der Waals surface area contributed by atoms with E-state index in [1.54, 1.807) is 0 Å². The Morgan fingerprint density at radius 3 is 2.44 bits per heavy atom. The number of amides is 1. The third kappa shape index (κ3) is 5.25. The maximum absolute atomic E-state index is 13.0. The lowest BCUT2D eigenvalue weighted by Crippen LogP contribution is -2.36. The van der Waals surface area contributed by atoms with Crippen LogP contribution in [0.3, 0.4) is 0 Å². The molecule has 2 aromatic carbocycles. The molecule has 3 aromatic rings. The number of hydrogen-bond donors (Lipinski definition) is 2. The van der Waals surface area contributed by atoms with Gasteiger partial charge in [0.05, 0.1) is 12.2 Å². The van der Waals surface area contributed by atoms with Crippen molar-refractivity contribution in [2.24, 2.45) is 4.99 Å². The predicted octanol–water partition coefficient (Wildman–Crippen LogP) is 5.10. The molecule has 1 amide bonds. The first kappa shape index (κ1) is 23.3. The number of nitrogens with zero attached hydrogens (tertiary/aromatic N) is 3. The highest BCUT2D eigenvalue weighted by Crippen LogP contribution is 2.17. The van der Waals surface area contributed by atoms with Crippen LogP contribution in [0.25, 0.3) is 0 Å². The molecule has 0 saturated carbocycles. The van der Waals surface area contributed by atoms with Crippen molar-refractivity contribution in [3.05, 3.63) is 81.7 Å². The van der Waals surface area contributed by atoms with Crippen LogP contribution in [0.4, 0.5) is 5.69 Å². The van der Waals surface area contributed by atoms with Crippen molar-refractivity contribution >= 4 is 17.6 Å². The summed E-state index contributed by atoms with van der Waals surface area (Å²) in [5.74, 6) is 0.239. The van der Waals surface area contributed by atoms with Crippen LogP contribution in [0.5, 0.6) is 0 Å². The summed E-state index contributed by atoms with van der Waals surface area (Å²) < 4.78 is 1.98. The van der Waals surface area contributed by atoms with Gasteiger partial charge in [-0.15, -0.1) is 0 Å². The molecule has 0 fully saturated rings. The van der Waals surface area contributed by atoms with E-state index in [1.807, 2.05) is 61.9 Å². The Kier molecular flexibility index (Phi) is 7.46. The van der Waals surface area contributed by atoms with Crippen LogP contribution in [0, 0.1) is 27.7 Å². The number of nitrogens with one attached hydrogen (secondary N) is 2. The van der Waals surface area contributed by atoms with E-state index in [1.165, 1.54) is 0 Å². The van der Waals surface area contributed by atoms with Gasteiger partial charge >= 0.3 is 0 Å². The third-order valence-corrected chi connectivity index (χ3v) is 5.88. The molecule has 0 aliphatic heterocycles. The molecule has 1 aromatic heterocycles. The van der Waals surface area contributed by atoms with Crippen molar-refractivity contribution in [2.75, 3.05) is 5.32 Å². The summed E-state index contributed by atoms with van der Waals surface area (Å²) in [7, 11) is 0. The molecule has 0 unspecified atom stereocenters. The Hall–Kier alpha value is -3.41. The van der Waals surface area contributed by atoms with E-state index in [-0.39, 0.29) is 5.91 Å². The molecule has 6 heteroatoms. The lowest BCUT2D eigenvalue weighted by atomic mass is 10.1. The van der Waals surface area contributed by atoms with Gasteiger partial charge in [-0.25, -0.2) is 4.99 Å². The molecular formula is C26H33N5O. The van der Waals surface area contributed by atoms with Crippen LogP contribution in [0.2, 0.25) is 0 Å². The number of aliphatic imine (C=N–C) groups is 1. The Balaban J connectivity index is 1.91. The molecule has 0 aliphatic rings. The number of anilines is 1. The number of benzene rings is 2. The minimum Gasteiger partial charge on any atom is -0.326 e. The average Bonchev–Trinajstić information content (AvgIpc) is 3.06. The third-order valence-electron chi connectivity index (χ3n) is 5.88. The molecule has 32 heavy (non-hydrogen) atoms. The first-order valence-corrected chi connectivity index (χ1v) is 11.1.